The van der Waals surface area contributed by atoms with E-state index < -0.39 is 5.60 Å². The molecule has 2 atom stereocenters. The number of ether oxygens (including phenoxy) is 1. The van der Waals surface area contributed by atoms with Crippen molar-refractivity contribution in [1.82, 2.24) is 0 Å². The van der Waals surface area contributed by atoms with Crippen LogP contribution < -0.4 is 0 Å². The molecule has 1 aliphatic carbocycles. The molecule has 0 aliphatic heterocycles. The molecule has 0 heterocycles. The monoisotopic (exact) mass is 228 g/mol. The maximum Gasteiger partial charge on any atom is 0.306 e. The summed E-state index contributed by atoms with van der Waals surface area (Å²) in [6.45, 7) is 10.1. The van der Waals surface area contributed by atoms with Crippen LogP contribution in [0.1, 0.15) is 47.5 Å². The van der Waals surface area contributed by atoms with Crippen LogP contribution in [-0.2, 0) is 9.53 Å². The van der Waals surface area contributed by atoms with Crippen LogP contribution in [0.25, 0.3) is 0 Å². The number of carbonyl (C=O) groups is 1. The Hall–Kier alpha value is -0.570. The van der Waals surface area contributed by atoms with E-state index in [4.69, 9.17) is 9.84 Å². The van der Waals surface area contributed by atoms with Crippen LogP contribution in [0.2, 0.25) is 0 Å². The van der Waals surface area contributed by atoms with Crippen molar-refractivity contribution in [2.24, 2.45) is 17.3 Å². The van der Waals surface area contributed by atoms with Crippen LogP contribution in [0.4, 0.5) is 0 Å². The molecule has 94 valence electrons. The van der Waals surface area contributed by atoms with Crippen molar-refractivity contribution in [3.8, 4) is 0 Å². The lowest BCUT2D eigenvalue weighted by Gasteiger charge is -2.51. The van der Waals surface area contributed by atoms with E-state index in [9.17, 15) is 4.79 Å². The zero-order valence-electron chi connectivity index (χ0n) is 11.0. The van der Waals surface area contributed by atoms with Gasteiger partial charge in [0.15, 0.2) is 0 Å². The van der Waals surface area contributed by atoms with Gasteiger partial charge in [-0.15, -0.1) is 0 Å². The van der Waals surface area contributed by atoms with Gasteiger partial charge in [0.2, 0.25) is 0 Å². The molecule has 1 aliphatic rings. The highest BCUT2D eigenvalue weighted by atomic mass is 16.6. The van der Waals surface area contributed by atoms with Crippen molar-refractivity contribution in [3.63, 3.8) is 0 Å². The van der Waals surface area contributed by atoms with E-state index in [1.54, 1.807) is 0 Å². The number of aliphatic hydroxyl groups excluding tert-OH is 1. The Labute approximate surface area is 98.2 Å². The van der Waals surface area contributed by atoms with E-state index in [1.807, 2.05) is 20.8 Å². The largest absolute Gasteiger partial charge is 0.460 e. The van der Waals surface area contributed by atoms with Crippen molar-refractivity contribution in [2.45, 2.75) is 53.1 Å². The normalized spacial score (nSPS) is 28.4. The van der Waals surface area contributed by atoms with Crippen LogP contribution in [0.15, 0.2) is 0 Å². The molecule has 0 aromatic heterocycles. The molecule has 3 heteroatoms. The third kappa shape index (κ3) is 2.97. The van der Waals surface area contributed by atoms with E-state index in [1.165, 1.54) is 0 Å². The third-order valence-corrected chi connectivity index (χ3v) is 3.73. The number of hydrogen-bond acceptors (Lipinski definition) is 3. The lowest BCUT2D eigenvalue weighted by Crippen LogP contribution is -2.47. The Kier molecular flexibility index (Phi) is 3.68. The maximum absolute atomic E-state index is 11.7. The van der Waals surface area contributed by atoms with Gasteiger partial charge in [0, 0.05) is 13.0 Å². The summed E-state index contributed by atoms with van der Waals surface area (Å²) >= 11 is 0. The Morgan fingerprint density at radius 1 is 1.38 bits per heavy atom. The molecular weight excluding hydrogens is 204 g/mol. The quantitative estimate of drug-likeness (QED) is 0.754. The summed E-state index contributed by atoms with van der Waals surface area (Å²) in [4.78, 5) is 11.7. The minimum absolute atomic E-state index is 0.0612. The average molecular weight is 228 g/mol. The Balaban J connectivity index is 2.43. The number of carbonyl (C=O) groups excluding carboxylic acids is 1. The van der Waals surface area contributed by atoms with E-state index in [0.717, 1.165) is 6.42 Å². The highest BCUT2D eigenvalue weighted by Gasteiger charge is 2.48. The fourth-order valence-corrected chi connectivity index (χ4v) is 2.36. The van der Waals surface area contributed by atoms with E-state index in [0.29, 0.717) is 18.3 Å². The van der Waals surface area contributed by atoms with Gasteiger partial charge in [-0.05, 0) is 44.4 Å². The molecule has 0 saturated heterocycles. The first-order valence-electron chi connectivity index (χ1n) is 5.99. The molecule has 1 N–H and O–H groups in total. The van der Waals surface area contributed by atoms with Gasteiger partial charge >= 0.3 is 5.97 Å². The fraction of sp³-hybridized carbons (Fsp3) is 0.923. The second kappa shape index (κ2) is 4.36. The summed E-state index contributed by atoms with van der Waals surface area (Å²) in [6.07, 6.45) is 1.41. The highest BCUT2D eigenvalue weighted by Crippen LogP contribution is 2.52. The van der Waals surface area contributed by atoms with Gasteiger partial charge in [-0.3, -0.25) is 4.79 Å². The second-order valence-corrected chi connectivity index (χ2v) is 6.42. The summed E-state index contributed by atoms with van der Waals surface area (Å²) in [7, 11) is 0. The first kappa shape index (κ1) is 13.5. The lowest BCUT2D eigenvalue weighted by atomic mass is 9.54. The van der Waals surface area contributed by atoms with Crippen LogP contribution in [0.3, 0.4) is 0 Å². The van der Waals surface area contributed by atoms with Gasteiger partial charge in [0.25, 0.3) is 0 Å². The second-order valence-electron chi connectivity index (χ2n) is 6.42. The van der Waals surface area contributed by atoms with E-state index in [2.05, 4.69) is 13.8 Å². The Morgan fingerprint density at radius 3 is 2.31 bits per heavy atom. The molecule has 0 bridgehead atoms. The molecule has 3 nitrogen and oxygen atoms in total. The molecule has 0 amide bonds. The average Bonchev–Trinajstić information content (AvgIpc) is 2.08. The summed E-state index contributed by atoms with van der Waals surface area (Å²) in [6, 6.07) is 0. The topological polar surface area (TPSA) is 46.5 Å². The first-order chi connectivity index (χ1) is 7.16. The van der Waals surface area contributed by atoms with Crippen molar-refractivity contribution in [3.05, 3.63) is 0 Å². The molecule has 1 rings (SSSR count). The molecular formula is C13H24O3. The van der Waals surface area contributed by atoms with Gasteiger partial charge in [0.1, 0.15) is 5.60 Å². The molecule has 0 aromatic rings. The van der Waals surface area contributed by atoms with Gasteiger partial charge in [-0.25, -0.2) is 0 Å². The zero-order valence-corrected chi connectivity index (χ0v) is 11.0. The van der Waals surface area contributed by atoms with E-state index >= 15 is 0 Å². The predicted octanol–water partition coefficient (Wildman–Crippen LogP) is 2.37. The number of esters is 1. The zero-order chi connectivity index (χ0) is 12.6. The number of aliphatic hydroxyl groups is 1. The van der Waals surface area contributed by atoms with Crippen LogP contribution >= 0.6 is 0 Å². The third-order valence-electron chi connectivity index (χ3n) is 3.73. The van der Waals surface area contributed by atoms with Crippen molar-refractivity contribution >= 4 is 5.97 Å². The first-order valence-corrected chi connectivity index (χ1v) is 5.99. The fourth-order valence-electron chi connectivity index (χ4n) is 2.36. The van der Waals surface area contributed by atoms with Crippen molar-refractivity contribution < 1.29 is 14.6 Å². The summed E-state index contributed by atoms with van der Waals surface area (Å²) in [5.74, 6) is 0.557. The van der Waals surface area contributed by atoms with Gasteiger partial charge in [-0.1, -0.05) is 13.8 Å². The maximum atomic E-state index is 11.7. The van der Waals surface area contributed by atoms with Crippen molar-refractivity contribution in [1.29, 1.82) is 0 Å². The van der Waals surface area contributed by atoms with Crippen molar-refractivity contribution in [2.75, 3.05) is 6.61 Å². The molecule has 1 fully saturated rings. The smallest absolute Gasteiger partial charge is 0.306 e. The standard InChI is InChI=1S/C13H24O3/c1-12(2,3)16-11(15)7-9-6-10(8-14)13(9,4)5/h9-10,14H,6-8H2,1-5H3/t9-,10+/m1/s1. The number of hydrogen-bond donors (Lipinski definition) is 1. The lowest BCUT2D eigenvalue weighted by molar-refractivity contribution is -0.161. The summed E-state index contributed by atoms with van der Waals surface area (Å²) < 4.78 is 5.30. The van der Waals surface area contributed by atoms with E-state index in [-0.39, 0.29) is 18.0 Å². The van der Waals surface area contributed by atoms with Gasteiger partial charge in [-0.2, -0.15) is 0 Å². The SMILES string of the molecule is CC(C)(C)OC(=O)C[C@H]1C[C@@H](CO)C1(C)C. The molecule has 0 radical (unpaired) electrons. The summed E-state index contributed by atoms with van der Waals surface area (Å²) in [5.41, 5.74) is -0.340. The van der Waals surface area contributed by atoms with Crippen LogP contribution in [-0.4, -0.2) is 23.3 Å². The summed E-state index contributed by atoms with van der Waals surface area (Å²) in [5, 5.41) is 9.14. The van der Waals surface area contributed by atoms with Gasteiger partial charge in [0.05, 0.1) is 0 Å². The molecule has 0 aromatic carbocycles. The molecule has 16 heavy (non-hydrogen) atoms. The molecule has 1 saturated carbocycles. The van der Waals surface area contributed by atoms with Crippen LogP contribution in [0.5, 0.6) is 0 Å². The van der Waals surface area contributed by atoms with Gasteiger partial charge < -0.3 is 9.84 Å². The molecule has 0 spiro atoms. The predicted molar refractivity (Wildman–Crippen MR) is 62.9 cm³/mol. The Morgan fingerprint density at radius 2 is 1.94 bits per heavy atom. The minimum atomic E-state index is -0.401. The number of rotatable bonds is 3. The Bertz CT molecular complexity index is 263. The van der Waals surface area contributed by atoms with Crippen LogP contribution in [0, 0.1) is 17.3 Å². The minimum Gasteiger partial charge on any atom is -0.460 e. The molecule has 0 unspecified atom stereocenters. The highest BCUT2D eigenvalue weighted by molar-refractivity contribution is 5.70.